The highest BCUT2D eigenvalue weighted by Gasteiger charge is 2.26. The van der Waals surface area contributed by atoms with Crippen molar-refractivity contribution in [3.63, 3.8) is 0 Å². The van der Waals surface area contributed by atoms with Gasteiger partial charge in [0.25, 0.3) is 0 Å². The summed E-state index contributed by atoms with van der Waals surface area (Å²) in [6.45, 7) is 1.01. The van der Waals surface area contributed by atoms with Crippen LogP contribution in [0.2, 0.25) is 0 Å². The predicted octanol–water partition coefficient (Wildman–Crippen LogP) is -0.0348. The molecule has 17 heavy (non-hydrogen) atoms. The number of nitrogens with zero attached hydrogens (tertiary/aromatic N) is 1. The molecule has 2 amide bonds. The zero-order valence-electron chi connectivity index (χ0n) is 9.72. The Kier molecular flexibility index (Phi) is 4.93. The molecule has 0 spiro atoms. The number of aliphatic carboxylic acids is 1. The molecule has 1 heterocycles. The van der Waals surface area contributed by atoms with Crippen molar-refractivity contribution in [3.05, 3.63) is 0 Å². The van der Waals surface area contributed by atoms with E-state index in [9.17, 15) is 14.4 Å². The summed E-state index contributed by atoms with van der Waals surface area (Å²) in [5.41, 5.74) is 5.21. The highest BCUT2D eigenvalue weighted by Crippen LogP contribution is 2.17. The zero-order chi connectivity index (χ0) is 12.8. The highest BCUT2D eigenvalue weighted by atomic mass is 16.4. The first-order chi connectivity index (χ1) is 8.00. The molecule has 1 atom stereocenters. The Hall–Kier alpha value is -1.59. The third-order valence-electron chi connectivity index (χ3n) is 2.96. The van der Waals surface area contributed by atoms with E-state index in [1.807, 2.05) is 0 Å². The van der Waals surface area contributed by atoms with E-state index in [1.165, 1.54) is 0 Å². The summed E-state index contributed by atoms with van der Waals surface area (Å²) < 4.78 is 0. The lowest BCUT2D eigenvalue weighted by molar-refractivity contribution is -0.137. The number of likely N-dealkylation sites (tertiary alicyclic amines) is 1. The molecule has 0 aromatic carbocycles. The van der Waals surface area contributed by atoms with Gasteiger partial charge in [0.05, 0.1) is 5.92 Å². The SMILES string of the molecule is NC(=O)C1CCCN(C(=O)CCCC(=O)O)C1. The number of carboxylic acid groups (broad SMARTS) is 1. The number of carbonyl (C=O) groups is 3. The van der Waals surface area contributed by atoms with E-state index >= 15 is 0 Å². The van der Waals surface area contributed by atoms with Crippen LogP contribution in [0.15, 0.2) is 0 Å². The molecule has 0 bridgehead atoms. The van der Waals surface area contributed by atoms with Crippen molar-refractivity contribution in [2.45, 2.75) is 32.1 Å². The first-order valence-corrected chi connectivity index (χ1v) is 5.79. The molecule has 0 aromatic heterocycles. The summed E-state index contributed by atoms with van der Waals surface area (Å²) in [6, 6.07) is 0. The summed E-state index contributed by atoms with van der Waals surface area (Å²) in [5, 5.41) is 8.47. The van der Waals surface area contributed by atoms with E-state index < -0.39 is 5.97 Å². The Labute approximate surface area is 99.8 Å². The molecule has 6 nitrogen and oxygen atoms in total. The van der Waals surface area contributed by atoms with Gasteiger partial charge in [0.2, 0.25) is 11.8 Å². The van der Waals surface area contributed by atoms with Crippen molar-refractivity contribution in [2.75, 3.05) is 13.1 Å². The molecule has 1 rings (SSSR count). The second kappa shape index (κ2) is 6.22. The van der Waals surface area contributed by atoms with Crippen molar-refractivity contribution in [1.29, 1.82) is 0 Å². The van der Waals surface area contributed by atoms with Crippen LogP contribution in [0.3, 0.4) is 0 Å². The van der Waals surface area contributed by atoms with Crippen LogP contribution in [0.25, 0.3) is 0 Å². The van der Waals surface area contributed by atoms with E-state index in [4.69, 9.17) is 10.8 Å². The maximum atomic E-state index is 11.7. The summed E-state index contributed by atoms with van der Waals surface area (Å²) >= 11 is 0. The number of piperidine rings is 1. The Morgan fingerprint density at radius 1 is 1.29 bits per heavy atom. The number of rotatable bonds is 5. The minimum absolute atomic E-state index is 0.00116. The van der Waals surface area contributed by atoms with E-state index in [1.54, 1.807) is 4.90 Å². The summed E-state index contributed by atoms with van der Waals surface area (Å²) in [6.07, 6.45) is 2.06. The van der Waals surface area contributed by atoms with E-state index in [-0.39, 0.29) is 30.6 Å². The second-order valence-electron chi connectivity index (χ2n) is 4.33. The molecule has 1 aliphatic heterocycles. The molecule has 0 aliphatic carbocycles. The molecule has 1 unspecified atom stereocenters. The number of carbonyl (C=O) groups excluding carboxylic acids is 2. The Balaban J connectivity index is 2.35. The van der Waals surface area contributed by atoms with Gasteiger partial charge in [-0.25, -0.2) is 0 Å². The molecular weight excluding hydrogens is 224 g/mol. The monoisotopic (exact) mass is 242 g/mol. The van der Waals surface area contributed by atoms with Crippen molar-refractivity contribution < 1.29 is 19.5 Å². The van der Waals surface area contributed by atoms with Crippen molar-refractivity contribution >= 4 is 17.8 Å². The Morgan fingerprint density at radius 2 is 2.00 bits per heavy atom. The molecule has 0 aromatic rings. The molecule has 0 saturated carbocycles. The minimum Gasteiger partial charge on any atom is -0.481 e. The van der Waals surface area contributed by atoms with E-state index in [0.29, 0.717) is 19.5 Å². The van der Waals surface area contributed by atoms with E-state index in [2.05, 4.69) is 0 Å². The van der Waals surface area contributed by atoms with Crippen molar-refractivity contribution in [1.82, 2.24) is 4.90 Å². The number of nitrogens with two attached hydrogens (primary N) is 1. The number of hydrogen-bond acceptors (Lipinski definition) is 3. The van der Waals surface area contributed by atoms with Crippen molar-refractivity contribution in [3.8, 4) is 0 Å². The fraction of sp³-hybridized carbons (Fsp3) is 0.727. The lowest BCUT2D eigenvalue weighted by Crippen LogP contribution is -2.44. The standard InChI is InChI=1S/C11H18N2O4/c12-11(17)8-3-2-6-13(7-8)9(14)4-1-5-10(15)16/h8H,1-7H2,(H2,12,17)(H,15,16). The average molecular weight is 242 g/mol. The van der Waals surface area contributed by atoms with Gasteiger partial charge in [-0.1, -0.05) is 0 Å². The smallest absolute Gasteiger partial charge is 0.303 e. The number of hydrogen-bond donors (Lipinski definition) is 2. The maximum absolute atomic E-state index is 11.7. The first kappa shape index (κ1) is 13.5. The Bertz CT molecular complexity index is 317. The molecular formula is C11H18N2O4. The third-order valence-corrected chi connectivity index (χ3v) is 2.96. The summed E-state index contributed by atoms with van der Waals surface area (Å²) in [4.78, 5) is 34.7. The molecule has 1 aliphatic rings. The predicted molar refractivity (Wildman–Crippen MR) is 60.0 cm³/mol. The quantitative estimate of drug-likeness (QED) is 0.706. The topological polar surface area (TPSA) is 101 Å². The van der Waals surface area contributed by atoms with Crippen LogP contribution < -0.4 is 5.73 Å². The summed E-state index contributed by atoms with van der Waals surface area (Å²) in [7, 11) is 0. The summed E-state index contributed by atoms with van der Waals surface area (Å²) in [5.74, 6) is -1.61. The molecule has 1 fully saturated rings. The van der Waals surface area contributed by atoms with Gasteiger partial charge in [-0.2, -0.15) is 0 Å². The van der Waals surface area contributed by atoms with Crippen LogP contribution in [-0.4, -0.2) is 40.9 Å². The normalized spacial score (nSPS) is 20.0. The zero-order valence-corrected chi connectivity index (χ0v) is 9.72. The first-order valence-electron chi connectivity index (χ1n) is 5.79. The van der Waals surface area contributed by atoms with Crippen LogP contribution >= 0.6 is 0 Å². The lowest BCUT2D eigenvalue weighted by atomic mass is 9.97. The van der Waals surface area contributed by atoms with Crippen LogP contribution in [0.5, 0.6) is 0 Å². The van der Waals surface area contributed by atoms with Crippen LogP contribution in [-0.2, 0) is 14.4 Å². The molecule has 3 N–H and O–H groups in total. The van der Waals surface area contributed by atoms with Crippen molar-refractivity contribution in [2.24, 2.45) is 11.7 Å². The Morgan fingerprint density at radius 3 is 2.59 bits per heavy atom. The van der Waals surface area contributed by atoms with E-state index in [0.717, 1.165) is 12.8 Å². The van der Waals surface area contributed by atoms with Gasteiger partial charge in [0.15, 0.2) is 0 Å². The van der Waals surface area contributed by atoms with Crippen LogP contribution in [0.4, 0.5) is 0 Å². The fourth-order valence-electron chi connectivity index (χ4n) is 1.98. The number of amides is 2. The third kappa shape index (κ3) is 4.42. The van der Waals surface area contributed by atoms with Gasteiger partial charge in [-0.3, -0.25) is 14.4 Å². The minimum atomic E-state index is -0.897. The molecule has 1 saturated heterocycles. The molecule has 0 radical (unpaired) electrons. The maximum Gasteiger partial charge on any atom is 0.303 e. The fourth-order valence-corrected chi connectivity index (χ4v) is 1.98. The van der Waals surface area contributed by atoms with Gasteiger partial charge in [0, 0.05) is 25.9 Å². The van der Waals surface area contributed by atoms with Gasteiger partial charge in [-0.05, 0) is 19.3 Å². The largest absolute Gasteiger partial charge is 0.481 e. The van der Waals surface area contributed by atoms with Crippen LogP contribution in [0.1, 0.15) is 32.1 Å². The van der Waals surface area contributed by atoms with Crippen LogP contribution in [0, 0.1) is 5.92 Å². The molecule has 6 heteroatoms. The average Bonchev–Trinajstić information content (AvgIpc) is 2.28. The number of primary amides is 1. The highest BCUT2D eigenvalue weighted by molar-refractivity contribution is 5.80. The van der Waals surface area contributed by atoms with Gasteiger partial charge in [-0.15, -0.1) is 0 Å². The lowest BCUT2D eigenvalue weighted by Gasteiger charge is -2.31. The van der Waals surface area contributed by atoms with Gasteiger partial charge < -0.3 is 15.7 Å². The van der Waals surface area contributed by atoms with Gasteiger partial charge in [0.1, 0.15) is 0 Å². The van der Waals surface area contributed by atoms with Gasteiger partial charge >= 0.3 is 5.97 Å². The second-order valence-corrected chi connectivity index (χ2v) is 4.33. The molecule has 96 valence electrons. The number of carboxylic acids is 1.